The predicted octanol–water partition coefficient (Wildman–Crippen LogP) is 4.32. The number of nitrogens with one attached hydrogen (secondary N) is 1. The number of aryl methyl sites for hydroxylation is 1. The average molecular weight is 411 g/mol. The molecule has 0 aromatic heterocycles. The van der Waals surface area contributed by atoms with Crippen LogP contribution in [0.5, 0.6) is 11.5 Å². The third kappa shape index (κ3) is 6.23. The molecular formula is C25H34N2O3. The third-order valence-corrected chi connectivity index (χ3v) is 6.01. The van der Waals surface area contributed by atoms with Crippen LogP contribution >= 0.6 is 0 Å². The Kier molecular flexibility index (Phi) is 8.14. The number of carbonyl (C=O) groups excluding carboxylic acids is 1. The minimum absolute atomic E-state index is 0.101. The molecule has 0 radical (unpaired) electrons. The second-order valence-electron chi connectivity index (χ2n) is 8.16. The van der Waals surface area contributed by atoms with Gasteiger partial charge in [-0.25, -0.2) is 0 Å². The number of ether oxygens (including phenoxy) is 2. The van der Waals surface area contributed by atoms with Crippen LogP contribution in [0.2, 0.25) is 0 Å². The van der Waals surface area contributed by atoms with Gasteiger partial charge in [-0.1, -0.05) is 24.3 Å². The minimum atomic E-state index is 0.101. The summed E-state index contributed by atoms with van der Waals surface area (Å²) in [5.41, 5.74) is 3.71. The van der Waals surface area contributed by atoms with E-state index in [1.165, 1.54) is 24.0 Å². The Balaban J connectivity index is 1.44. The number of likely N-dealkylation sites (tertiary alicyclic amines) is 1. The zero-order valence-corrected chi connectivity index (χ0v) is 18.4. The SMILES string of the molecule is COc1ccc(CNC(=O)CCC2CCCN(Cc3ccccc3C)C2)c(OC)c1. The fraction of sp³-hybridized carbons (Fsp3) is 0.480. The number of hydrogen-bond acceptors (Lipinski definition) is 4. The summed E-state index contributed by atoms with van der Waals surface area (Å²) < 4.78 is 10.6. The van der Waals surface area contributed by atoms with E-state index in [1.807, 2.05) is 18.2 Å². The van der Waals surface area contributed by atoms with Gasteiger partial charge in [-0.2, -0.15) is 0 Å². The van der Waals surface area contributed by atoms with Gasteiger partial charge in [-0.15, -0.1) is 0 Å². The molecule has 1 aliphatic rings. The Bertz CT molecular complexity index is 837. The largest absolute Gasteiger partial charge is 0.497 e. The molecule has 0 spiro atoms. The molecule has 1 fully saturated rings. The number of carbonyl (C=O) groups is 1. The van der Waals surface area contributed by atoms with Crippen molar-refractivity contribution >= 4 is 5.91 Å². The van der Waals surface area contributed by atoms with E-state index in [9.17, 15) is 4.79 Å². The summed E-state index contributed by atoms with van der Waals surface area (Å²) in [6.07, 6.45) is 3.93. The normalized spacial score (nSPS) is 16.8. The minimum Gasteiger partial charge on any atom is -0.497 e. The van der Waals surface area contributed by atoms with Gasteiger partial charge in [0.1, 0.15) is 11.5 Å². The van der Waals surface area contributed by atoms with Crippen molar-refractivity contribution in [3.63, 3.8) is 0 Å². The van der Waals surface area contributed by atoms with Crippen molar-refractivity contribution in [3.05, 3.63) is 59.2 Å². The zero-order chi connectivity index (χ0) is 21.3. The number of rotatable bonds is 9. The van der Waals surface area contributed by atoms with E-state index in [1.54, 1.807) is 14.2 Å². The Labute approximate surface area is 180 Å². The molecule has 30 heavy (non-hydrogen) atoms. The predicted molar refractivity (Wildman–Crippen MR) is 120 cm³/mol. The molecule has 1 atom stereocenters. The maximum absolute atomic E-state index is 12.4. The fourth-order valence-corrected chi connectivity index (χ4v) is 4.17. The summed E-state index contributed by atoms with van der Waals surface area (Å²) in [6.45, 7) is 5.88. The lowest BCUT2D eigenvalue weighted by atomic mass is 9.92. The maximum atomic E-state index is 12.4. The van der Waals surface area contributed by atoms with Crippen molar-refractivity contribution in [1.82, 2.24) is 10.2 Å². The molecule has 1 aliphatic heterocycles. The van der Waals surface area contributed by atoms with Crippen molar-refractivity contribution < 1.29 is 14.3 Å². The van der Waals surface area contributed by atoms with Crippen LogP contribution in [-0.2, 0) is 17.9 Å². The molecule has 0 aliphatic carbocycles. The Morgan fingerprint density at radius 2 is 1.97 bits per heavy atom. The Hall–Kier alpha value is -2.53. The van der Waals surface area contributed by atoms with Gasteiger partial charge in [-0.05, 0) is 61.9 Å². The first-order valence-corrected chi connectivity index (χ1v) is 10.8. The molecule has 1 heterocycles. The van der Waals surface area contributed by atoms with Gasteiger partial charge in [0, 0.05) is 37.7 Å². The van der Waals surface area contributed by atoms with Crippen molar-refractivity contribution in [2.75, 3.05) is 27.3 Å². The summed E-state index contributed by atoms with van der Waals surface area (Å²) in [5, 5.41) is 3.04. The quantitative estimate of drug-likeness (QED) is 0.669. The molecule has 1 saturated heterocycles. The average Bonchev–Trinajstić information content (AvgIpc) is 2.78. The van der Waals surface area contributed by atoms with Gasteiger partial charge in [-0.3, -0.25) is 9.69 Å². The van der Waals surface area contributed by atoms with E-state index < -0.39 is 0 Å². The molecule has 0 bridgehead atoms. The highest BCUT2D eigenvalue weighted by atomic mass is 16.5. The van der Waals surface area contributed by atoms with Gasteiger partial charge >= 0.3 is 0 Å². The molecule has 5 heteroatoms. The van der Waals surface area contributed by atoms with Crippen LogP contribution in [-0.4, -0.2) is 38.1 Å². The highest BCUT2D eigenvalue weighted by molar-refractivity contribution is 5.75. The fourth-order valence-electron chi connectivity index (χ4n) is 4.17. The number of amides is 1. The topological polar surface area (TPSA) is 50.8 Å². The number of methoxy groups -OCH3 is 2. The second-order valence-corrected chi connectivity index (χ2v) is 8.16. The smallest absolute Gasteiger partial charge is 0.220 e. The van der Waals surface area contributed by atoms with Crippen LogP contribution in [0.1, 0.15) is 42.4 Å². The third-order valence-electron chi connectivity index (χ3n) is 6.01. The lowest BCUT2D eigenvalue weighted by molar-refractivity contribution is -0.121. The first-order chi connectivity index (χ1) is 14.6. The van der Waals surface area contributed by atoms with E-state index in [2.05, 4.69) is 41.4 Å². The van der Waals surface area contributed by atoms with Gasteiger partial charge < -0.3 is 14.8 Å². The molecule has 2 aromatic rings. The van der Waals surface area contributed by atoms with Crippen LogP contribution in [0.4, 0.5) is 0 Å². The summed E-state index contributed by atoms with van der Waals surface area (Å²) in [7, 11) is 3.26. The van der Waals surface area contributed by atoms with Crippen molar-refractivity contribution in [2.45, 2.75) is 45.7 Å². The second kappa shape index (κ2) is 11.0. The van der Waals surface area contributed by atoms with Crippen LogP contribution in [0.3, 0.4) is 0 Å². The molecule has 1 N–H and O–H groups in total. The van der Waals surface area contributed by atoms with Gasteiger partial charge in [0.05, 0.1) is 14.2 Å². The van der Waals surface area contributed by atoms with Crippen molar-refractivity contribution in [1.29, 1.82) is 0 Å². The molecule has 1 amide bonds. The first-order valence-electron chi connectivity index (χ1n) is 10.8. The molecule has 5 nitrogen and oxygen atoms in total. The van der Waals surface area contributed by atoms with Gasteiger partial charge in [0.25, 0.3) is 0 Å². The van der Waals surface area contributed by atoms with Gasteiger partial charge in [0.15, 0.2) is 0 Å². The van der Waals surface area contributed by atoms with E-state index in [4.69, 9.17) is 9.47 Å². The van der Waals surface area contributed by atoms with Crippen molar-refractivity contribution in [2.24, 2.45) is 5.92 Å². The number of benzene rings is 2. The molecular weight excluding hydrogens is 376 g/mol. The monoisotopic (exact) mass is 410 g/mol. The highest BCUT2D eigenvalue weighted by Gasteiger charge is 2.21. The molecule has 3 rings (SSSR count). The molecule has 2 aromatic carbocycles. The maximum Gasteiger partial charge on any atom is 0.220 e. The first kappa shape index (κ1) is 22.2. The van der Waals surface area contributed by atoms with Crippen molar-refractivity contribution in [3.8, 4) is 11.5 Å². The van der Waals surface area contributed by atoms with Gasteiger partial charge in [0.2, 0.25) is 5.91 Å². The van der Waals surface area contributed by atoms with Crippen LogP contribution in [0.15, 0.2) is 42.5 Å². The van der Waals surface area contributed by atoms with E-state index in [-0.39, 0.29) is 5.91 Å². The number of hydrogen-bond donors (Lipinski definition) is 1. The Morgan fingerprint density at radius 1 is 1.13 bits per heavy atom. The molecule has 162 valence electrons. The standard InChI is InChI=1S/C25H34N2O3/c1-19-7-4-5-9-22(19)18-27-14-6-8-20(17-27)10-13-25(28)26-16-21-11-12-23(29-2)15-24(21)30-3/h4-5,7,9,11-12,15,20H,6,8,10,13-14,16-18H2,1-3H3,(H,26,28). The van der Waals surface area contributed by atoms with E-state index >= 15 is 0 Å². The molecule has 1 unspecified atom stereocenters. The van der Waals surface area contributed by atoms with E-state index in [0.717, 1.165) is 43.1 Å². The lowest BCUT2D eigenvalue weighted by Gasteiger charge is -2.33. The van der Waals surface area contributed by atoms with Crippen LogP contribution in [0.25, 0.3) is 0 Å². The van der Waals surface area contributed by atoms with E-state index in [0.29, 0.717) is 18.9 Å². The summed E-state index contributed by atoms with van der Waals surface area (Å²) in [6, 6.07) is 14.3. The summed E-state index contributed by atoms with van der Waals surface area (Å²) in [4.78, 5) is 14.9. The molecule has 0 saturated carbocycles. The number of nitrogens with zero attached hydrogens (tertiary/aromatic N) is 1. The summed E-state index contributed by atoms with van der Waals surface area (Å²) in [5.74, 6) is 2.16. The summed E-state index contributed by atoms with van der Waals surface area (Å²) >= 11 is 0. The van der Waals surface area contributed by atoms with Crippen LogP contribution in [0, 0.1) is 12.8 Å². The lowest BCUT2D eigenvalue weighted by Crippen LogP contribution is -2.35. The Morgan fingerprint density at radius 3 is 2.73 bits per heavy atom. The highest BCUT2D eigenvalue weighted by Crippen LogP contribution is 2.25. The number of piperidine rings is 1. The zero-order valence-electron chi connectivity index (χ0n) is 18.4. The van der Waals surface area contributed by atoms with Crippen LogP contribution < -0.4 is 14.8 Å².